The van der Waals surface area contributed by atoms with Gasteiger partial charge < -0.3 is 9.80 Å². The Labute approximate surface area is 156 Å². The number of likely N-dealkylation sites (N-methyl/N-ethyl adjacent to an activating group) is 1. The molecular formula is C21H31N3O2. The van der Waals surface area contributed by atoms with Crippen LogP contribution >= 0.6 is 0 Å². The van der Waals surface area contributed by atoms with Crippen LogP contribution in [0.4, 0.5) is 0 Å². The van der Waals surface area contributed by atoms with Crippen molar-refractivity contribution in [3.8, 4) is 0 Å². The van der Waals surface area contributed by atoms with Gasteiger partial charge in [-0.15, -0.1) is 0 Å². The molecule has 1 unspecified atom stereocenters. The minimum atomic E-state index is -0.252. The smallest absolute Gasteiger partial charge is 0.236 e. The first-order chi connectivity index (χ1) is 12.5. The number of piperidine rings is 1. The molecule has 1 atom stereocenters. The van der Waals surface area contributed by atoms with E-state index >= 15 is 0 Å². The zero-order valence-electron chi connectivity index (χ0n) is 16.1. The fourth-order valence-electron chi connectivity index (χ4n) is 4.29. The average Bonchev–Trinajstić information content (AvgIpc) is 3.03. The van der Waals surface area contributed by atoms with Crippen LogP contribution in [-0.2, 0) is 16.0 Å². The van der Waals surface area contributed by atoms with E-state index in [4.69, 9.17) is 0 Å². The van der Waals surface area contributed by atoms with Crippen molar-refractivity contribution in [1.29, 1.82) is 0 Å². The van der Waals surface area contributed by atoms with E-state index in [1.807, 2.05) is 6.07 Å². The number of carbonyl (C=O) groups is 2. The van der Waals surface area contributed by atoms with Crippen LogP contribution in [0.3, 0.4) is 0 Å². The number of benzene rings is 1. The Kier molecular flexibility index (Phi) is 5.97. The van der Waals surface area contributed by atoms with Crippen molar-refractivity contribution in [1.82, 2.24) is 14.7 Å². The summed E-state index contributed by atoms with van der Waals surface area (Å²) in [5, 5.41) is 0. The van der Waals surface area contributed by atoms with E-state index < -0.39 is 0 Å². The van der Waals surface area contributed by atoms with Gasteiger partial charge in [0.05, 0.1) is 12.0 Å². The minimum Gasteiger partial charge on any atom is -0.348 e. The second-order valence-corrected chi connectivity index (χ2v) is 8.01. The first-order valence-corrected chi connectivity index (χ1v) is 9.76. The molecule has 142 valence electrons. The van der Waals surface area contributed by atoms with Crippen molar-refractivity contribution in [2.24, 2.45) is 5.41 Å². The molecule has 2 heterocycles. The van der Waals surface area contributed by atoms with Crippen LogP contribution in [0.1, 0.15) is 31.2 Å². The lowest BCUT2D eigenvalue weighted by molar-refractivity contribution is -0.146. The summed E-state index contributed by atoms with van der Waals surface area (Å²) < 4.78 is 0. The van der Waals surface area contributed by atoms with Crippen LogP contribution in [0.2, 0.25) is 0 Å². The molecule has 5 nitrogen and oxygen atoms in total. The summed E-state index contributed by atoms with van der Waals surface area (Å²) in [4.78, 5) is 31.0. The van der Waals surface area contributed by atoms with Gasteiger partial charge in [-0.1, -0.05) is 30.3 Å². The van der Waals surface area contributed by atoms with E-state index in [0.29, 0.717) is 12.5 Å². The van der Waals surface area contributed by atoms with E-state index in [2.05, 4.69) is 34.1 Å². The van der Waals surface area contributed by atoms with Gasteiger partial charge in [0, 0.05) is 33.7 Å². The van der Waals surface area contributed by atoms with Crippen molar-refractivity contribution < 1.29 is 9.59 Å². The maximum absolute atomic E-state index is 13.2. The number of likely N-dealkylation sites (tertiary alicyclic amines) is 2. The Balaban J connectivity index is 1.53. The van der Waals surface area contributed by atoms with Gasteiger partial charge in [-0.05, 0) is 44.2 Å². The zero-order valence-corrected chi connectivity index (χ0v) is 16.1. The molecule has 2 aliphatic rings. The standard InChI is InChI=1S/C21H31N3O2/c1-22(2)19(25)16-23-15-12-21(17-23)11-7-14-24(20(21)26)13-6-10-18-8-4-3-5-9-18/h3-5,8-9H,6-7,10-17H2,1-2H3. The van der Waals surface area contributed by atoms with E-state index in [1.165, 1.54) is 5.56 Å². The maximum Gasteiger partial charge on any atom is 0.236 e. The molecule has 2 fully saturated rings. The highest BCUT2D eigenvalue weighted by Crippen LogP contribution is 2.40. The maximum atomic E-state index is 13.2. The van der Waals surface area contributed by atoms with Gasteiger partial charge in [-0.25, -0.2) is 0 Å². The molecule has 5 heteroatoms. The van der Waals surface area contributed by atoms with Gasteiger partial charge in [0.15, 0.2) is 0 Å². The third kappa shape index (κ3) is 4.26. The summed E-state index contributed by atoms with van der Waals surface area (Å²) in [6.45, 7) is 3.73. The molecule has 1 aromatic rings. The molecular weight excluding hydrogens is 326 g/mol. The van der Waals surface area contributed by atoms with E-state index in [-0.39, 0.29) is 11.3 Å². The molecule has 2 aliphatic heterocycles. The highest BCUT2D eigenvalue weighted by molar-refractivity contribution is 5.84. The van der Waals surface area contributed by atoms with Crippen LogP contribution in [0.5, 0.6) is 0 Å². The highest BCUT2D eigenvalue weighted by atomic mass is 16.2. The van der Waals surface area contributed by atoms with Crippen molar-refractivity contribution in [2.45, 2.75) is 32.1 Å². The molecule has 0 saturated carbocycles. The zero-order chi connectivity index (χ0) is 18.6. The third-order valence-electron chi connectivity index (χ3n) is 5.85. The molecule has 3 rings (SSSR count). The predicted octanol–water partition coefficient (Wildman–Crippen LogP) is 2.02. The molecule has 26 heavy (non-hydrogen) atoms. The number of amides is 2. The lowest BCUT2D eigenvalue weighted by Crippen LogP contribution is -2.50. The summed E-state index contributed by atoms with van der Waals surface area (Å²) in [7, 11) is 3.57. The molecule has 0 aliphatic carbocycles. The monoisotopic (exact) mass is 357 g/mol. The van der Waals surface area contributed by atoms with Gasteiger partial charge >= 0.3 is 0 Å². The number of rotatable bonds is 6. The van der Waals surface area contributed by atoms with E-state index in [1.54, 1.807) is 19.0 Å². The fourth-order valence-corrected chi connectivity index (χ4v) is 4.29. The molecule has 1 aromatic carbocycles. The van der Waals surface area contributed by atoms with Crippen LogP contribution in [-0.4, -0.2) is 73.3 Å². The molecule has 2 amide bonds. The average molecular weight is 357 g/mol. The number of carbonyl (C=O) groups excluding carboxylic acids is 2. The number of aryl methyl sites for hydroxylation is 1. The van der Waals surface area contributed by atoms with Crippen molar-refractivity contribution in [3.63, 3.8) is 0 Å². The summed E-state index contributed by atoms with van der Waals surface area (Å²) in [6.07, 6.45) is 4.96. The molecule has 1 spiro atoms. The normalized spacial score (nSPS) is 23.6. The largest absolute Gasteiger partial charge is 0.348 e. The molecule has 0 bridgehead atoms. The van der Waals surface area contributed by atoms with Gasteiger partial charge in [-0.2, -0.15) is 0 Å². The van der Waals surface area contributed by atoms with Crippen LogP contribution < -0.4 is 0 Å². The number of hydrogen-bond acceptors (Lipinski definition) is 3. The Bertz CT molecular complexity index is 631. The number of hydrogen-bond donors (Lipinski definition) is 0. The molecule has 0 radical (unpaired) electrons. The molecule has 0 aromatic heterocycles. The second kappa shape index (κ2) is 8.21. The molecule has 2 saturated heterocycles. The predicted molar refractivity (Wildman–Crippen MR) is 103 cm³/mol. The first kappa shape index (κ1) is 18.9. The summed E-state index contributed by atoms with van der Waals surface area (Å²) >= 11 is 0. The van der Waals surface area contributed by atoms with Gasteiger partial charge in [0.2, 0.25) is 11.8 Å². The van der Waals surface area contributed by atoms with Gasteiger partial charge in [0.25, 0.3) is 0 Å². The fraction of sp³-hybridized carbons (Fsp3) is 0.619. The van der Waals surface area contributed by atoms with Crippen molar-refractivity contribution in [3.05, 3.63) is 35.9 Å². The third-order valence-corrected chi connectivity index (χ3v) is 5.85. The SMILES string of the molecule is CN(C)C(=O)CN1CCC2(CCCN(CCCc3ccccc3)C2=O)C1. The molecule has 0 N–H and O–H groups in total. The van der Waals surface area contributed by atoms with Crippen molar-refractivity contribution in [2.75, 3.05) is 46.8 Å². The lowest BCUT2D eigenvalue weighted by Gasteiger charge is -2.39. The quantitative estimate of drug-likeness (QED) is 0.782. The minimum absolute atomic E-state index is 0.116. The van der Waals surface area contributed by atoms with Crippen LogP contribution in [0.25, 0.3) is 0 Å². The number of nitrogens with zero attached hydrogens (tertiary/aromatic N) is 3. The van der Waals surface area contributed by atoms with Crippen molar-refractivity contribution >= 4 is 11.8 Å². The van der Waals surface area contributed by atoms with E-state index in [0.717, 1.165) is 58.3 Å². The highest BCUT2D eigenvalue weighted by Gasteiger charge is 2.48. The Hall–Kier alpha value is -1.88. The summed E-state index contributed by atoms with van der Waals surface area (Å²) in [5.41, 5.74) is 1.08. The second-order valence-electron chi connectivity index (χ2n) is 8.01. The topological polar surface area (TPSA) is 43.9 Å². The lowest BCUT2D eigenvalue weighted by atomic mass is 9.78. The van der Waals surface area contributed by atoms with E-state index in [9.17, 15) is 9.59 Å². The first-order valence-electron chi connectivity index (χ1n) is 9.76. The summed E-state index contributed by atoms with van der Waals surface area (Å²) in [6, 6.07) is 10.5. The van der Waals surface area contributed by atoms with Gasteiger partial charge in [0.1, 0.15) is 0 Å². The Morgan fingerprint density at radius 2 is 1.92 bits per heavy atom. The van der Waals surface area contributed by atoms with Crippen LogP contribution in [0.15, 0.2) is 30.3 Å². The Morgan fingerprint density at radius 1 is 1.15 bits per heavy atom. The van der Waals surface area contributed by atoms with Crippen LogP contribution in [0, 0.1) is 5.41 Å². The summed E-state index contributed by atoms with van der Waals surface area (Å²) in [5.74, 6) is 0.432. The Morgan fingerprint density at radius 3 is 2.65 bits per heavy atom. The van der Waals surface area contributed by atoms with Gasteiger partial charge in [-0.3, -0.25) is 14.5 Å².